The molecule has 0 aliphatic heterocycles. The summed E-state index contributed by atoms with van der Waals surface area (Å²) in [5, 5.41) is 9.22. The Hall–Kier alpha value is -2.90. The molecule has 0 fully saturated rings. The second-order valence-corrected chi connectivity index (χ2v) is 9.19. The molecule has 0 spiro atoms. The summed E-state index contributed by atoms with van der Waals surface area (Å²) in [4.78, 5) is 13.3. The van der Waals surface area contributed by atoms with Gasteiger partial charge in [-0.3, -0.25) is 9.48 Å². The van der Waals surface area contributed by atoms with E-state index < -0.39 is 0 Å². The predicted molar refractivity (Wildman–Crippen MR) is 128 cm³/mol. The Bertz CT molecular complexity index is 1220. The Morgan fingerprint density at radius 1 is 1.13 bits per heavy atom. The minimum atomic E-state index is -0.124. The van der Waals surface area contributed by atoms with Crippen LogP contribution in [0.2, 0.25) is 0 Å². The highest BCUT2D eigenvalue weighted by atomic mass is 79.9. The first kappa shape index (κ1) is 21.3. The van der Waals surface area contributed by atoms with Crippen LogP contribution in [0.25, 0.3) is 0 Å². The number of nitrogens with zero attached hydrogens (tertiary/aromatic N) is 2. The molecule has 0 unspecified atom stereocenters. The number of hydrogen-bond donors (Lipinski definition) is 1. The predicted octanol–water partition coefficient (Wildman–Crippen LogP) is 6.20. The highest BCUT2D eigenvalue weighted by molar-refractivity contribution is 9.10. The highest BCUT2D eigenvalue weighted by Gasteiger charge is 2.11. The molecule has 158 valence electrons. The van der Waals surface area contributed by atoms with Crippen LogP contribution in [0.5, 0.6) is 5.75 Å². The van der Waals surface area contributed by atoms with E-state index in [-0.39, 0.29) is 5.91 Å². The molecule has 0 aliphatic rings. The minimum Gasteiger partial charge on any atom is -0.489 e. The summed E-state index contributed by atoms with van der Waals surface area (Å²) in [5.41, 5.74) is 5.23. The van der Waals surface area contributed by atoms with Gasteiger partial charge in [0.15, 0.2) is 0 Å². The molecule has 0 atom stereocenters. The molecule has 4 rings (SSSR count). The van der Waals surface area contributed by atoms with Gasteiger partial charge in [-0.2, -0.15) is 5.10 Å². The number of ether oxygens (including phenoxy) is 1. The standard InChI is InChI=1S/C24H22BrN3O2S/c1-16-6-7-22(8-17(16)2)30-14-19-10-23(31-15-19)24(29)27-21-5-3-4-18(9-21)12-28-13-20(25)11-26-28/h3-11,13,15H,12,14H2,1-2H3,(H,27,29). The molecule has 0 saturated carbocycles. The van der Waals surface area contributed by atoms with Crippen LogP contribution in [0, 0.1) is 13.8 Å². The van der Waals surface area contributed by atoms with E-state index in [1.54, 1.807) is 6.20 Å². The van der Waals surface area contributed by atoms with Crippen LogP contribution < -0.4 is 10.1 Å². The largest absolute Gasteiger partial charge is 0.489 e. The maximum absolute atomic E-state index is 12.7. The van der Waals surface area contributed by atoms with Crippen molar-refractivity contribution in [1.82, 2.24) is 9.78 Å². The van der Waals surface area contributed by atoms with E-state index >= 15 is 0 Å². The van der Waals surface area contributed by atoms with Crippen molar-refractivity contribution in [3.8, 4) is 5.75 Å². The van der Waals surface area contributed by atoms with Gasteiger partial charge in [-0.1, -0.05) is 18.2 Å². The normalized spacial score (nSPS) is 10.8. The Kier molecular flexibility index (Phi) is 6.53. The van der Waals surface area contributed by atoms with Crippen molar-refractivity contribution in [3.63, 3.8) is 0 Å². The van der Waals surface area contributed by atoms with Crippen molar-refractivity contribution in [2.75, 3.05) is 5.32 Å². The van der Waals surface area contributed by atoms with Gasteiger partial charge in [0.25, 0.3) is 5.91 Å². The summed E-state index contributed by atoms with van der Waals surface area (Å²) in [6.07, 6.45) is 3.67. The zero-order valence-corrected chi connectivity index (χ0v) is 19.7. The van der Waals surface area contributed by atoms with Crippen LogP contribution in [-0.2, 0) is 13.2 Å². The summed E-state index contributed by atoms with van der Waals surface area (Å²) in [5.74, 6) is 0.711. The van der Waals surface area contributed by atoms with Crippen molar-refractivity contribution >= 4 is 38.9 Å². The number of thiophene rings is 1. The average Bonchev–Trinajstić information content (AvgIpc) is 3.38. The molecule has 2 heterocycles. The Labute approximate surface area is 193 Å². The number of rotatable bonds is 7. The number of amides is 1. The summed E-state index contributed by atoms with van der Waals surface area (Å²) in [6.45, 7) is 5.21. The first-order valence-corrected chi connectivity index (χ1v) is 11.5. The summed E-state index contributed by atoms with van der Waals surface area (Å²) in [7, 11) is 0. The lowest BCUT2D eigenvalue weighted by Crippen LogP contribution is -2.10. The third-order valence-corrected chi connectivity index (χ3v) is 6.28. The number of carbonyl (C=O) groups excluding carboxylic acids is 1. The van der Waals surface area contributed by atoms with E-state index in [1.807, 2.05) is 58.7 Å². The number of nitrogens with one attached hydrogen (secondary N) is 1. The molecule has 0 aliphatic carbocycles. The number of benzene rings is 2. The molecular weight excluding hydrogens is 474 g/mol. The lowest BCUT2D eigenvalue weighted by atomic mass is 10.1. The number of halogens is 1. The number of anilines is 1. The molecule has 31 heavy (non-hydrogen) atoms. The van der Waals surface area contributed by atoms with Gasteiger partial charge in [0.2, 0.25) is 0 Å². The van der Waals surface area contributed by atoms with Crippen molar-refractivity contribution < 1.29 is 9.53 Å². The van der Waals surface area contributed by atoms with E-state index in [0.717, 1.165) is 27.0 Å². The van der Waals surface area contributed by atoms with Gasteiger partial charge in [-0.05, 0) is 82.2 Å². The number of carbonyl (C=O) groups is 1. The van der Waals surface area contributed by atoms with E-state index in [0.29, 0.717) is 18.0 Å². The zero-order valence-electron chi connectivity index (χ0n) is 17.3. The molecule has 7 heteroatoms. The smallest absolute Gasteiger partial charge is 0.265 e. The molecule has 0 bridgehead atoms. The van der Waals surface area contributed by atoms with Gasteiger partial charge in [0.1, 0.15) is 12.4 Å². The van der Waals surface area contributed by atoms with Crippen molar-refractivity contribution in [1.29, 1.82) is 0 Å². The van der Waals surface area contributed by atoms with Crippen LogP contribution in [-0.4, -0.2) is 15.7 Å². The van der Waals surface area contributed by atoms with E-state index in [2.05, 4.69) is 46.3 Å². The van der Waals surface area contributed by atoms with Gasteiger partial charge in [-0.25, -0.2) is 0 Å². The molecule has 0 radical (unpaired) electrons. The van der Waals surface area contributed by atoms with Crippen molar-refractivity contribution in [3.05, 3.63) is 97.9 Å². The number of hydrogen-bond acceptors (Lipinski definition) is 4. The van der Waals surface area contributed by atoms with Gasteiger partial charge in [0.05, 0.1) is 22.1 Å². The first-order chi connectivity index (χ1) is 15.0. The second kappa shape index (κ2) is 9.49. The van der Waals surface area contributed by atoms with Crippen LogP contribution in [0.4, 0.5) is 5.69 Å². The SMILES string of the molecule is Cc1ccc(OCc2csc(C(=O)Nc3cccc(Cn4cc(Br)cn4)c3)c2)cc1C. The lowest BCUT2D eigenvalue weighted by Gasteiger charge is -2.07. The highest BCUT2D eigenvalue weighted by Crippen LogP contribution is 2.21. The third-order valence-electron chi connectivity index (χ3n) is 4.89. The topological polar surface area (TPSA) is 56.1 Å². The van der Waals surface area contributed by atoms with E-state index in [1.165, 1.54) is 22.5 Å². The fraction of sp³-hybridized carbons (Fsp3) is 0.167. The summed E-state index contributed by atoms with van der Waals surface area (Å²) in [6, 6.07) is 15.7. The van der Waals surface area contributed by atoms with E-state index in [9.17, 15) is 4.79 Å². The molecule has 0 saturated heterocycles. The van der Waals surface area contributed by atoms with Crippen LogP contribution >= 0.6 is 27.3 Å². The zero-order chi connectivity index (χ0) is 21.8. The second-order valence-electron chi connectivity index (χ2n) is 7.36. The monoisotopic (exact) mass is 495 g/mol. The third kappa shape index (κ3) is 5.62. The Balaban J connectivity index is 1.36. The number of aromatic nitrogens is 2. The molecule has 2 aromatic heterocycles. The fourth-order valence-electron chi connectivity index (χ4n) is 3.09. The molecule has 5 nitrogen and oxygen atoms in total. The maximum Gasteiger partial charge on any atom is 0.265 e. The lowest BCUT2D eigenvalue weighted by molar-refractivity contribution is 0.103. The summed E-state index contributed by atoms with van der Waals surface area (Å²) < 4.78 is 8.65. The van der Waals surface area contributed by atoms with Crippen LogP contribution in [0.15, 0.2) is 70.8 Å². The van der Waals surface area contributed by atoms with Crippen LogP contribution in [0.3, 0.4) is 0 Å². The average molecular weight is 496 g/mol. The van der Waals surface area contributed by atoms with Crippen LogP contribution in [0.1, 0.15) is 31.9 Å². The molecule has 1 amide bonds. The fourth-order valence-corrected chi connectivity index (χ4v) is 4.21. The Morgan fingerprint density at radius 3 is 2.77 bits per heavy atom. The number of aryl methyl sites for hydroxylation is 2. The van der Waals surface area contributed by atoms with Crippen molar-refractivity contribution in [2.24, 2.45) is 0 Å². The van der Waals surface area contributed by atoms with Gasteiger partial charge < -0.3 is 10.1 Å². The summed E-state index contributed by atoms with van der Waals surface area (Å²) >= 11 is 4.82. The molecule has 2 aromatic carbocycles. The van der Waals surface area contributed by atoms with Gasteiger partial charge >= 0.3 is 0 Å². The van der Waals surface area contributed by atoms with E-state index in [4.69, 9.17) is 4.74 Å². The molecule has 1 N–H and O–H groups in total. The first-order valence-electron chi connectivity index (χ1n) is 9.82. The molecule has 4 aromatic rings. The maximum atomic E-state index is 12.7. The van der Waals surface area contributed by atoms with Crippen molar-refractivity contribution in [2.45, 2.75) is 27.0 Å². The quantitative estimate of drug-likeness (QED) is 0.331. The molecular formula is C24H22BrN3O2S. The van der Waals surface area contributed by atoms with Gasteiger partial charge in [-0.15, -0.1) is 11.3 Å². The Morgan fingerprint density at radius 2 is 2.00 bits per heavy atom. The van der Waals surface area contributed by atoms with Gasteiger partial charge in [0, 0.05) is 17.4 Å². The minimum absolute atomic E-state index is 0.124.